The third-order valence-electron chi connectivity index (χ3n) is 4.66. The van der Waals surface area contributed by atoms with E-state index in [-0.39, 0.29) is 0 Å². The van der Waals surface area contributed by atoms with Gasteiger partial charge in [0.25, 0.3) is 0 Å². The molecule has 3 heteroatoms. The van der Waals surface area contributed by atoms with Gasteiger partial charge in [0.1, 0.15) is 0 Å². The first kappa shape index (κ1) is 19.2. The Bertz CT molecular complexity index is 538. The summed E-state index contributed by atoms with van der Waals surface area (Å²) in [5.74, 6) is 0. The molecule has 0 N–H and O–H groups in total. The summed E-state index contributed by atoms with van der Waals surface area (Å²) >= 11 is -4.99. The number of hydrogen-bond acceptors (Lipinski definition) is 1. The molecule has 2 aromatic rings. The Morgan fingerprint density at radius 1 is 0.696 bits per heavy atom. The van der Waals surface area contributed by atoms with Gasteiger partial charge in [-0.25, -0.2) is 0 Å². The Labute approximate surface area is 150 Å². The van der Waals surface area contributed by atoms with Gasteiger partial charge < -0.3 is 0 Å². The normalized spacial score (nSPS) is 12.3. The molecule has 0 aliphatic rings. The second-order valence-electron chi connectivity index (χ2n) is 6.82. The van der Waals surface area contributed by atoms with Crippen LogP contribution in [0.15, 0.2) is 60.7 Å². The van der Waals surface area contributed by atoms with Crippen LogP contribution in [0.5, 0.6) is 0 Å². The number of hydrogen-bond donors (Lipinski definition) is 0. The van der Waals surface area contributed by atoms with Gasteiger partial charge in [-0.15, -0.1) is 0 Å². The number of benzene rings is 2. The molecule has 1 nitrogen and oxygen atoms in total. The van der Waals surface area contributed by atoms with Crippen LogP contribution in [-0.4, -0.2) is 0 Å². The van der Waals surface area contributed by atoms with E-state index in [1.54, 1.807) is 0 Å². The average molecular weight is 382 g/mol. The fraction of sp³-hybridized carbons (Fsp3) is 0.400. The van der Waals surface area contributed by atoms with E-state index in [2.05, 4.69) is 85.0 Å². The van der Waals surface area contributed by atoms with Gasteiger partial charge in [0.15, 0.2) is 0 Å². The van der Waals surface area contributed by atoms with Crippen molar-refractivity contribution in [3.8, 4) is 0 Å². The molecule has 124 valence electrons. The predicted molar refractivity (Wildman–Crippen MR) is 95.2 cm³/mol. The number of rotatable bonds is 8. The molecule has 23 heavy (non-hydrogen) atoms. The van der Waals surface area contributed by atoms with Gasteiger partial charge in [0, 0.05) is 0 Å². The van der Waals surface area contributed by atoms with E-state index in [9.17, 15) is 0 Å². The first-order chi connectivity index (χ1) is 11.0. The molecule has 2 aromatic carbocycles. The fourth-order valence-corrected chi connectivity index (χ4v) is 21.8. The summed E-state index contributed by atoms with van der Waals surface area (Å²) in [5.41, 5.74) is 0. The van der Waals surface area contributed by atoms with Crippen LogP contribution in [-0.2, 0) is 35.9 Å². The van der Waals surface area contributed by atoms with E-state index in [0.29, 0.717) is 0 Å². The maximum absolute atomic E-state index is 7.25. The summed E-state index contributed by atoms with van der Waals surface area (Å²) in [4.78, 5) is 0. The van der Waals surface area contributed by atoms with Crippen LogP contribution in [0.3, 0.4) is 0 Å². The molecular formula is C20H30OTi2. The third-order valence-corrected chi connectivity index (χ3v) is 21.2. The van der Waals surface area contributed by atoms with E-state index >= 15 is 0 Å². The molecule has 0 saturated carbocycles. The Balaban J connectivity index is 2.46. The van der Waals surface area contributed by atoms with Gasteiger partial charge in [-0.2, -0.15) is 0 Å². The first-order valence-electron chi connectivity index (χ1n) is 8.85. The van der Waals surface area contributed by atoms with E-state index in [1.807, 2.05) is 0 Å². The minimum absolute atomic E-state index is 1.25. The Hall–Kier alpha value is -0.171. The molecule has 0 fully saturated rings. The van der Waals surface area contributed by atoms with Gasteiger partial charge in [-0.05, 0) is 0 Å². The van der Waals surface area contributed by atoms with Gasteiger partial charge in [-0.1, -0.05) is 0 Å². The quantitative estimate of drug-likeness (QED) is 0.545. The van der Waals surface area contributed by atoms with Crippen molar-refractivity contribution in [1.29, 1.82) is 0 Å². The van der Waals surface area contributed by atoms with Crippen molar-refractivity contribution in [2.45, 2.75) is 46.6 Å². The molecule has 0 saturated heterocycles. The molecule has 2 rings (SSSR count). The molecule has 0 bridgehead atoms. The van der Waals surface area contributed by atoms with Crippen LogP contribution in [0.25, 0.3) is 0 Å². The van der Waals surface area contributed by atoms with Crippen molar-refractivity contribution in [3.05, 3.63) is 60.7 Å². The second kappa shape index (κ2) is 8.79. The topological polar surface area (TPSA) is 9.23 Å². The van der Waals surface area contributed by atoms with Crippen LogP contribution in [0.2, 0.25) is 19.9 Å². The van der Waals surface area contributed by atoms with E-state index in [1.165, 1.54) is 30.0 Å². The third kappa shape index (κ3) is 4.91. The summed E-state index contributed by atoms with van der Waals surface area (Å²) in [6, 6.07) is 22.0. The molecule has 0 radical (unpaired) electrons. The summed E-state index contributed by atoms with van der Waals surface area (Å²) < 4.78 is 12.8. The van der Waals surface area contributed by atoms with Crippen LogP contribution >= 0.6 is 0 Å². The molecule has 0 spiro atoms. The van der Waals surface area contributed by atoms with Crippen LogP contribution in [0, 0.1) is 0 Å². The predicted octanol–water partition coefficient (Wildman–Crippen LogP) is 5.54. The van der Waals surface area contributed by atoms with Crippen molar-refractivity contribution in [3.63, 3.8) is 0 Å². The monoisotopic (exact) mass is 382 g/mol. The molecule has 0 unspecified atom stereocenters. The first-order valence-corrected chi connectivity index (χ1v) is 17.0. The molecule has 0 aliphatic heterocycles. The Morgan fingerprint density at radius 2 is 1.09 bits per heavy atom. The molecule has 0 atom stereocenters. The Morgan fingerprint density at radius 3 is 1.43 bits per heavy atom. The van der Waals surface area contributed by atoms with E-state index < -0.39 is 34.0 Å². The second-order valence-corrected chi connectivity index (χ2v) is 19.6. The summed E-state index contributed by atoms with van der Waals surface area (Å²) in [5, 5.41) is 4.95. The molecule has 0 heterocycles. The molecule has 0 aliphatic carbocycles. The standard InChI is InChI=1S/2C6H5.2C3H7.2CH3.O.2Ti/c2*1-2-4-6-5-3-1;2*1-3-2;;;;;/h2*1-5H;2*1,3H2,2H3;2*1H3;;;. The van der Waals surface area contributed by atoms with Gasteiger partial charge in [0.2, 0.25) is 0 Å². The zero-order valence-electron chi connectivity index (χ0n) is 15.0. The summed E-state index contributed by atoms with van der Waals surface area (Å²) in [7, 11) is 0. The summed E-state index contributed by atoms with van der Waals surface area (Å²) in [6.45, 7) is 4.61. The fourth-order valence-electron chi connectivity index (χ4n) is 3.57. The SMILES string of the molecule is CC[CH2][Ti]([CH3])([CH2]CC)[O][Ti]([CH3])([c]1ccccc1)[c]1ccccc1. The van der Waals surface area contributed by atoms with Crippen LogP contribution < -0.4 is 7.74 Å². The van der Waals surface area contributed by atoms with Crippen molar-refractivity contribution < 1.29 is 35.9 Å². The van der Waals surface area contributed by atoms with Crippen LogP contribution in [0.4, 0.5) is 0 Å². The maximum atomic E-state index is 7.25. The zero-order valence-corrected chi connectivity index (χ0v) is 18.1. The molecule has 0 aromatic heterocycles. The van der Waals surface area contributed by atoms with Crippen molar-refractivity contribution >= 4 is 7.74 Å². The minimum atomic E-state index is -2.75. The summed E-state index contributed by atoms with van der Waals surface area (Å²) in [6.07, 6.45) is 2.50. The van der Waals surface area contributed by atoms with E-state index in [4.69, 9.17) is 1.90 Å². The van der Waals surface area contributed by atoms with Crippen molar-refractivity contribution in [1.82, 2.24) is 0 Å². The Kier molecular flexibility index (Phi) is 7.32. The van der Waals surface area contributed by atoms with Crippen LogP contribution in [0.1, 0.15) is 26.7 Å². The van der Waals surface area contributed by atoms with Gasteiger partial charge >= 0.3 is 151 Å². The molecule has 0 amide bonds. The van der Waals surface area contributed by atoms with Crippen molar-refractivity contribution in [2.75, 3.05) is 0 Å². The van der Waals surface area contributed by atoms with Gasteiger partial charge in [-0.3, -0.25) is 0 Å². The molecular weight excluding hydrogens is 352 g/mol. The van der Waals surface area contributed by atoms with E-state index in [0.717, 1.165) is 0 Å². The zero-order chi connectivity index (χ0) is 16.8. The van der Waals surface area contributed by atoms with Crippen molar-refractivity contribution in [2.24, 2.45) is 0 Å². The average Bonchev–Trinajstić information content (AvgIpc) is 2.56. The van der Waals surface area contributed by atoms with Gasteiger partial charge in [0.05, 0.1) is 0 Å².